The van der Waals surface area contributed by atoms with Gasteiger partial charge in [0.2, 0.25) is 0 Å². The van der Waals surface area contributed by atoms with Gasteiger partial charge in [-0.15, -0.1) is 11.3 Å². The Balaban J connectivity index is 1.43. The second-order valence-electron chi connectivity index (χ2n) is 10.8. The molecule has 40 heavy (non-hydrogen) atoms. The highest BCUT2D eigenvalue weighted by molar-refractivity contribution is 7.26. The average Bonchev–Trinajstić information content (AvgIpc) is 3.65. The standard InChI is InChI=1S/C36H21N3S/c1-2-10-22-20(8-1)9-7-12-23(22)21-18-25-32-29(16-17-31-33(32)24-11-3-6-15-30(24)40-31)39-35(25)26(19-21)34-36(39)38-28-14-5-4-13-27(28)37-34/h1-19,28,38H. The van der Waals surface area contributed by atoms with E-state index >= 15 is 0 Å². The molecular formula is C36H21N3S. The van der Waals surface area contributed by atoms with Gasteiger partial charge in [0.1, 0.15) is 11.5 Å². The molecule has 1 aliphatic heterocycles. The normalized spacial score (nSPS) is 16.4. The largest absolute Gasteiger partial charge is 0.357 e. The molecule has 3 nitrogen and oxygen atoms in total. The van der Waals surface area contributed by atoms with Crippen molar-refractivity contribution < 1.29 is 0 Å². The SMILES string of the molecule is C1=CC2=Nc3c(n4c5ccc6sc7ccccc7c6c5c5cc(-c6cccc7ccccc67)cc3c54)NC2C=C1. The van der Waals surface area contributed by atoms with Gasteiger partial charge >= 0.3 is 0 Å². The van der Waals surface area contributed by atoms with Crippen LogP contribution in [0.5, 0.6) is 0 Å². The molecule has 0 saturated carbocycles. The summed E-state index contributed by atoms with van der Waals surface area (Å²) in [5.41, 5.74) is 7.05. The van der Waals surface area contributed by atoms with Crippen LogP contribution in [-0.2, 0) is 0 Å². The first-order chi connectivity index (χ1) is 19.8. The Bertz CT molecular complexity index is 2460. The number of allylic oxidation sites excluding steroid dienone is 2. The lowest BCUT2D eigenvalue weighted by atomic mass is 9.95. The summed E-state index contributed by atoms with van der Waals surface area (Å²) < 4.78 is 5.09. The zero-order valence-electron chi connectivity index (χ0n) is 21.3. The maximum absolute atomic E-state index is 5.26. The Labute approximate surface area is 233 Å². The molecule has 0 bridgehead atoms. The van der Waals surface area contributed by atoms with E-state index in [2.05, 4.69) is 125 Å². The lowest BCUT2D eigenvalue weighted by Gasteiger charge is -2.23. The van der Waals surface area contributed by atoms with Crippen molar-refractivity contribution in [2.24, 2.45) is 4.99 Å². The van der Waals surface area contributed by atoms with Gasteiger partial charge in [0.15, 0.2) is 0 Å². The van der Waals surface area contributed by atoms with Crippen molar-refractivity contribution in [3.63, 3.8) is 0 Å². The van der Waals surface area contributed by atoms with Crippen LogP contribution in [0, 0.1) is 0 Å². The summed E-state index contributed by atoms with van der Waals surface area (Å²) >= 11 is 1.88. The third kappa shape index (κ3) is 2.57. The molecule has 1 unspecified atom stereocenters. The summed E-state index contributed by atoms with van der Waals surface area (Å²) in [7, 11) is 0. The number of anilines is 1. The van der Waals surface area contributed by atoms with Gasteiger partial charge in [-0.2, -0.15) is 0 Å². The van der Waals surface area contributed by atoms with Crippen LogP contribution < -0.4 is 5.32 Å². The zero-order valence-corrected chi connectivity index (χ0v) is 22.2. The maximum atomic E-state index is 5.26. The molecule has 2 aliphatic rings. The first-order valence-electron chi connectivity index (χ1n) is 13.7. The van der Waals surface area contributed by atoms with Crippen LogP contribution in [0.4, 0.5) is 11.5 Å². The molecule has 0 saturated heterocycles. The minimum Gasteiger partial charge on any atom is -0.357 e. The Hall–Kier alpha value is -4.93. The number of nitrogens with one attached hydrogen (secondary N) is 1. The summed E-state index contributed by atoms with van der Waals surface area (Å²) in [5, 5.41) is 12.9. The van der Waals surface area contributed by atoms with Crippen molar-refractivity contribution in [3.05, 3.63) is 115 Å². The van der Waals surface area contributed by atoms with Gasteiger partial charge in [-0.25, -0.2) is 4.99 Å². The predicted molar refractivity (Wildman–Crippen MR) is 172 cm³/mol. The van der Waals surface area contributed by atoms with Gasteiger partial charge in [-0.05, 0) is 58.3 Å². The molecule has 1 aliphatic carbocycles. The summed E-state index contributed by atoms with van der Waals surface area (Å²) in [6.45, 7) is 0. The first kappa shape index (κ1) is 21.0. The first-order valence-corrected chi connectivity index (χ1v) is 14.5. The van der Waals surface area contributed by atoms with Crippen molar-refractivity contribution in [2.45, 2.75) is 6.04 Å². The summed E-state index contributed by atoms with van der Waals surface area (Å²) in [5.74, 6) is 1.08. The molecular weight excluding hydrogens is 506 g/mol. The van der Waals surface area contributed by atoms with E-state index in [4.69, 9.17) is 4.99 Å². The highest BCUT2D eigenvalue weighted by Crippen LogP contribution is 2.51. The number of hydrogen-bond donors (Lipinski definition) is 1. The summed E-state index contributed by atoms with van der Waals surface area (Å²) in [6.07, 6.45) is 8.50. The highest BCUT2D eigenvalue weighted by Gasteiger charge is 2.30. The minimum absolute atomic E-state index is 0.0776. The fourth-order valence-corrected chi connectivity index (χ4v) is 8.13. The van der Waals surface area contributed by atoms with Gasteiger partial charge in [0.05, 0.1) is 22.8 Å². The smallest absolute Gasteiger partial charge is 0.138 e. The van der Waals surface area contributed by atoms with Gasteiger partial charge in [0.25, 0.3) is 0 Å². The molecule has 5 aromatic carbocycles. The van der Waals surface area contributed by atoms with Crippen LogP contribution in [0.25, 0.3) is 69.3 Å². The number of nitrogens with zero attached hydrogens (tertiary/aromatic N) is 2. The Morgan fingerprint density at radius 2 is 1.57 bits per heavy atom. The van der Waals surface area contributed by atoms with E-state index in [1.54, 1.807) is 0 Å². The fraction of sp³-hybridized carbons (Fsp3) is 0.0278. The van der Waals surface area contributed by atoms with E-state index in [0.29, 0.717) is 0 Å². The lowest BCUT2D eigenvalue weighted by molar-refractivity contribution is 1.09. The monoisotopic (exact) mass is 527 g/mol. The Morgan fingerprint density at radius 3 is 2.55 bits per heavy atom. The van der Waals surface area contributed by atoms with Gasteiger partial charge in [-0.3, -0.25) is 4.40 Å². The fourth-order valence-electron chi connectivity index (χ4n) is 7.01. The molecule has 3 aromatic heterocycles. The predicted octanol–water partition coefficient (Wildman–Crippen LogP) is 9.86. The summed E-state index contributed by atoms with van der Waals surface area (Å²) in [6, 6.07) is 33.6. The number of rotatable bonds is 1. The number of aromatic nitrogens is 1. The Kier molecular flexibility index (Phi) is 3.87. The molecule has 0 amide bonds. The molecule has 0 spiro atoms. The number of hydrogen-bond acceptors (Lipinski definition) is 3. The number of aliphatic imine (C=N–C) groups is 1. The summed E-state index contributed by atoms with van der Waals surface area (Å²) in [4.78, 5) is 5.26. The number of fused-ring (bicyclic) bond motifs is 12. The second-order valence-corrected chi connectivity index (χ2v) is 11.9. The molecule has 8 aromatic rings. The van der Waals surface area contributed by atoms with Crippen LogP contribution in [0.15, 0.2) is 120 Å². The van der Waals surface area contributed by atoms with E-state index in [-0.39, 0.29) is 6.04 Å². The van der Waals surface area contributed by atoms with Crippen molar-refractivity contribution in [2.75, 3.05) is 5.32 Å². The molecule has 0 radical (unpaired) electrons. The molecule has 0 fully saturated rings. The van der Waals surface area contributed by atoms with Crippen molar-refractivity contribution in [1.82, 2.24) is 4.40 Å². The van der Waals surface area contributed by atoms with Gasteiger partial charge in [0, 0.05) is 36.3 Å². The van der Waals surface area contributed by atoms with Crippen LogP contribution in [0.2, 0.25) is 0 Å². The third-order valence-electron chi connectivity index (χ3n) is 8.70. The van der Waals surface area contributed by atoms with Crippen molar-refractivity contribution in [1.29, 1.82) is 0 Å². The molecule has 4 heteroatoms. The van der Waals surface area contributed by atoms with E-state index in [1.165, 1.54) is 69.3 Å². The lowest BCUT2D eigenvalue weighted by Crippen LogP contribution is -2.30. The van der Waals surface area contributed by atoms with E-state index in [0.717, 1.165) is 17.2 Å². The van der Waals surface area contributed by atoms with E-state index < -0.39 is 0 Å². The zero-order chi connectivity index (χ0) is 25.9. The van der Waals surface area contributed by atoms with E-state index in [9.17, 15) is 0 Å². The molecule has 1 N–H and O–H groups in total. The third-order valence-corrected chi connectivity index (χ3v) is 9.84. The second kappa shape index (κ2) is 7.38. The maximum Gasteiger partial charge on any atom is 0.138 e. The van der Waals surface area contributed by atoms with Crippen LogP contribution >= 0.6 is 11.3 Å². The molecule has 10 rings (SSSR count). The molecule has 1 atom stereocenters. The van der Waals surface area contributed by atoms with Crippen LogP contribution in [0.1, 0.15) is 0 Å². The van der Waals surface area contributed by atoms with Crippen molar-refractivity contribution >= 4 is 86.7 Å². The molecule has 186 valence electrons. The minimum atomic E-state index is 0.0776. The quantitative estimate of drug-likeness (QED) is 0.226. The topological polar surface area (TPSA) is 28.8 Å². The number of benzene rings is 5. The average molecular weight is 528 g/mol. The Morgan fingerprint density at radius 1 is 0.725 bits per heavy atom. The van der Waals surface area contributed by atoms with Crippen molar-refractivity contribution in [3.8, 4) is 11.1 Å². The van der Waals surface area contributed by atoms with Gasteiger partial charge in [-0.1, -0.05) is 78.9 Å². The van der Waals surface area contributed by atoms with Crippen LogP contribution in [0.3, 0.4) is 0 Å². The van der Waals surface area contributed by atoms with E-state index in [1.807, 2.05) is 11.3 Å². The van der Waals surface area contributed by atoms with Gasteiger partial charge < -0.3 is 5.32 Å². The highest BCUT2D eigenvalue weighted by atomic mass is 32.1. The number of thiophene rings is 1. The molecule has 4 heterocycles. The van der Waals surface area contributed by atoms with Crippen LogP contribution in [-0.4, -0.2) is 16.2 Å².